The Morgan fingerprint density at radius 2 is 1.82 bits per heavy atom. The lowest BCUT2D eigenvalue weighted by Gasteiger charge is -2.41. The lowest BCUT2D eigenvalue weighted by Crippen LogP contribution is -2.59. The van der Waals surface area contributed by atoms with Crippen LogP contribution in [0.25, 0.3) is 0 Å². The number of ether oxygens (including phenoxy) is 1. The molecule has 8 heteroatoms. The Balaban J connectivity index is 1.78. The van der Waals surface area contributed by atoms with Crippen LogP contribution in [0, 0.1) is 17.8 Å². The van der Waals surface area contributed by atoms with Gasteiger partial charge < -0.3 is 24.5 Å². The Kier molecular flexibility index (Phi) is 9.52. The SMILES string of the molecule is C=CCN(Cc1ccccc1)C(=O)C1N([C@@H](CO)[C@@H](C)CC)C(=O)[C@@H]2[C@H](C(=O)N(CC=C)CCC)[C@@H]3CCC12O3. The largest absolute Gasteiger partial charge is 0.394 e. The van der Waals surface area contributed by atoms with Gasteiger partial charge in [0.1, 0.15) is 11.6 Å². The van der Waals surface area contributed by atoms with Gasteiger partial charge in [0, 0.05) is 26.2 Å². The van der Waals surface area contributed by atoms with Gasteiger partial charge >= 0.3 is 0 Å². The van der Waals surface area contributed by atoms with Crippen LogP contribution in [-0.2, 0) is 25.7 Å². The van der Waals surface area contributed by atoms with Crippen LogP contribution in [0.5, 0.6) is 0 Å². The van der Waals surface area contributed by atoms with Crippen LogP contribution in [0.4, 0.5) is 0 Å². The van der Waals surface area contributed by atoms with Gasteiger partial charge in [-0.2, -0.15) is 0 Å². The molecule has 218 valence electrons. The topological polar surface area (TPSA) is 90.4 Å². The third kappa shape index (κ3) is 5.12. The van der Waals surface area contributed by atoms with Gasteiger partial charge in [0.25, 0.3) is 0 Å². The summed E-state index contributed by atoms with van der Waals surface area (Å²) in [5.74, 6) is -2.08. The van der Waals surface area contributed by atoms with E-state index in [2.05, 4.69) is 13.2 Å². The van der Waals surface area contributed by atoms with Gasteiger partial charge in [0.15, 0.2) is 0 Å². The number of likely N-dealkylation sites (tertiary alicyclic amines) is 1. The fraction of sp³-hybridized carbons (Fsp3) is 0.594. The van der Waals surface area contributed by atoms with Gasteiger partial charge in [-0.25, -0.2) is 0 Å². The highest BCUT2D eigenvalue weighted by Crippen LogP contribution is 2.59. The van der Waals surface area contributed by atoms with Gasteiger partial charge in [-0.05, 0) is 30.7 Å². The van der Waals surface area contributed by atoms with Crippen molar-refractivity contribution in [1.29, 1.82) is 0 Å². The summed E-state index contributed by atoms with van der Waals surface area (Å²) in [6.45, 7) is 15.0. The number of hydrogen-bond donors (Lipinski definition) is 1. The molecule has 3 aliphatic rings. The third-order valence-corrected chi connectivity index (χ3v) is 9.13. The minimum Gasteiger partial charge on any atom is -0.394 e. The summed E-state index contributed by atoms with van der Waals surface area (Å²) in [7, 11) is 0. The van der Waals surface area contributed by atoms with E-state index in [-0.39, 0.29) is 30.2 Å². The second-order valence-corrected chi connectivity index (χ2v) is 11.5. The van der Waals surface area contributed by atoms with E-state index >= 15 is 0 Å². The molecule has 3 heterocycles. The Bertz CT molecular complexity index is 1090. The maximum atomic E-state index is 14.6. The number of carbonyl (C=O) groups excluding carboxylic acids is 3. The number of amides is 3. The zero-order valence-electron chi connectivity index (χ0n) is 24.2. The summed E-state index contributed by atoms with van der Waals surface area (Å²) < 4.78 is 6.65. The van der Waals surface area contributed by atoms with Crippen LogP contribution in [0.2, 0.25) is 0 Å². The van der Waals surface area contributed by atoms with E-state index in [0.717, 1.165) is 18.4 Å². The van der Waals surface area contributed by atoms with Gasteiger partial charge in [-0.15, -0.1) is 13.2 Å². The standard InChI is InChI=1S/C32H45N3O5/c1-6-17-33(18-7-2)29(37)26-25-15-16-32(40-25)27(26)30(38)35(24(21-36)22(5)9-4)28(32)31(39)34(19-8-3)20-23-13-11-10-12-14-23/h6,8,10-14,22,24-28,36H,1,3,7,9,15-21H2,2,4-5H3/t22-,24-,25-,26+,27-,28?,32?/m0/s1. The molecule has 3 fully saturated rings. The lowest BCUT2D eigenvalue weighted by atomic mass is 9.70. The van der Waals surface area contributed by atoms with Gasteiger partial charge in [-0.3, -0.25) is 14.4 Å². The first-order valence-corrected chi connectivity index (χ1v) is 14.7. The fourth-order valence-corrected chi connectivity index (χ4v) is 7.12. The van der Waals surface area contributed by atoms with Crippen LogP contribution >= 0.6 is 0 Å². The summed E-state index contributed by atoms with van der Waals surface area (Å²) in [4.78, 5) is 48.1. The van der Waals surface area contributed by atoms with Crippen molar-refractivity contribution in [2.75, 3.05) is 26.2 Å². The molecule has 1 aromatic rings. The summed E-state index contributed by atoms with van der Waals surface area (Å²) in [6.07, 6.45) is 5.61. The molecule has 3 aliphatic heterocycles. The first-order valence-electron chi connectivity index (χ1n) is 14.7. The van der Waals surface area contributed by atoms with Crippen LogP contribution < -0.4 is 0 Å². The number of aliphatic hydroxyl groups excluding tert-OH is 1. The predicted octanol–water partition coefficient (Wildman–Crippen LogP) is 3.41. The van der Waals surface area contributed by atoms with Crippen LogP contribution in [0.1, 0.15) is 52.0 Å². The molecule has 2 unspecified atom stereocenters. The van der Waals surface area contributed by atoms with Crippen molar-refractivity contribution >= 4 is 17.7 Å². The van der Waals surface area contributed by atoms with Crippen molar-refractivity contribution in [1.82, 2.24) is 14.7 Å². The van der Waals surface area contributed by atoms with Crippen molar-refractivity contribution in [3.05, 3.63) is 61.2 Å². The molecule has 0 aliphatic carbocycles. The Hall–Kier alpha value is -2.97. The first kappa shape index (κ1) is 30.0. The Morgan fingerprint density at radius 1 is 1.15 bits per heavy atom. The van der Waals surface area contributed by atoms with E-state index in [9.17, 15) is 19.5 Å². The minimum atomic E-state index is -1.11. The quantitative estimate of drug-likeness (QED) is 0.358. The highest BCUT2D eigenvalue weighted by Gasteiger charge is 2.75. The van der Waals surface area contributed by atoms with Crippen LogP contribution in [0.15, 0.2) is 55.6 Å². The van der Waals surface area contributed by atoms with Crippen molar-refractivity contribution in [2.24, 2.45) is 17.8 Å². The van der Waals surface area contributed by atoms with E-state index < -0.39 is 35.6 Å². The third-order valence-electron chi connectivity index (χ3n) is 9.13. The molecule has 7 atom stereocenters. The molecular weight excluding hydrogens is 506 g/mol. The predicted molar refractivity (Wildman–Crippen MR) is 154 cm³/mol. The maximum Gasteiger partial charge on any atom is 0.249 e. The molecule has 40 heavy (non-hydrogen) atoms. The summed E-state index contributed by atoms with van der Waals surface area (Å²) in [6, 6.07) is 8.23. The number of aliphatic hydroxyl groups is 1. The van der Waals surface area contributed by atoms with E-state index in [1.165, 1.54) is 0 Å². The lowest BCUT2D eigenvalue weighted by molar-refractivity contribution is -0.153. The summed E-state index contributed by atoms with van der Waals surface area (Å²) in [5, 5.41) is 10.6. The number of benzene rings is 1. The molecule has 2 bridgehead atoms. The number of fused-ring (bicyclic) bond motifs is 1. The van der Waals surface area contributed by atoms with Gasteiger partial charge in [-0.1, -0.05) is 69.7 Å². The smallest absolute Gasteiger partial charge is 0.249 e. The van der Waals surface area contributed by atoms with Crippen LogP contribution in [-0.4, -0.2) is 87.6 Å². The minimum absolute atomic E-state index is 0.0508. The molecule has 1 spiro atoms. The van der Waals surface area contributed by atoms with E-state index in [1.54, 1.807) is 26.9 Å². The average Bonchev–Trinajstić information content (AvgIpc) is 3.60. The Morgan fingerprint density at radius 3 is 2.42 bits per heavy atom. The van der Waals surface area contributed by atoms with Gasteiger partial charge in [0.2, 0.25) is 17.7 Å². The summed E-state index contributed by atoms with van der Waals surface area (Å²) in [5.41, 5.74) is -0.144. The molecule has 4 rings (SSSR count). The molecule has 1 N–H and O–H groups in total. The second-order valence-electron chi connectivity index (χ2n) is 11.5. The molecule has 0 aromatic heterocycles. The van der Waals surface area contributed by atoms with E-state index in [1.807, 2.05) is 51.1 Å². The highest BCUT2D eigenvalue weighted by atomic mass is 16.5. The Labute approximate surface area is 238 Å². The van der Waals surface area contributed by atoms with E-state index in [0.29, 0.717) is 39.0 Å². The van der Waals surface area contributed by atoms with E-state index in [4.69, 9.17) is 4.74 Å². The first-order chi connectivity index (χ1) is 19.3. The normalized spacial score (nSPS) is 28.2. The number of rotatable bonds is 14. The summed E-state index contributed by atoms with van der Waals surface area (Å²) >= 11 is 0. The fourth-order valence-electron chi connectivity index (χ4n) is 7.12. The molecule has 0 radical (unpaired) electrons. The molecule has 1 aromatic carbocycles. The number of hydrogen-bond acceptors (Lipinski definition) is 5. The molecule has 3 saturated heterocycles. The van der Waals surface area contributed by atoms with Crippen LogP contribution in [0.3, 0.4) is 0 Å². The van der Waals surface area contributed by atoms with Gasteiger partial charge in [0.05, 0.1) is 30.6 Å². The van der Waals surface area contributed by atoms with Crippen molar-refractivity contribution < 1.29 is 24.2 Å². The molecular formula is C32H45N3O5. The average molecular weight is 552 g/mol. The highest BCUT2D eigenvalue weighted by molar-refractivity contribution is 5.99. The molecule has 8 nitrogen and oxygen atoms in total. The second kappa shape index (κ2) is 12.7. The molecule has 0 saturated carbocycles. The maximum absolute atomic E-state index is 14.6. The zero-order valence-corrected chi connectivity index (χ0v) is 24.2. The molecule has 3 amide bonds. The monoisotopic (exact) mass is 551 g/mol. The zero-order chi connectivity index (χ0) is 29.0. The van der Waals surface area contributed by atoms with Crippen molar-refractivity contribution in [3.8, 4) is 0 Å². The van der Waals surface area contributed by atoms with Crippen molar-refractivity contribution in [3.63, 3.8) is 0 Å². The number of nitrogens with zero attached hydrogens (tertiary/aromatic N) is 3. The van der Waals surface area contributed by atoms with Crippen molar-refractivity contribution in [2.45, 2.75) is 76.8 Å². The number of carbonyl (C=O) groups is 3.